The molecule has 1 aromatic carbocycles. The molecule has 1 atom stereocenters. The second kappa shape index (κ2) is 4.70. The van der Waals surface area contributed by atoms with Gasteiger partial charge in [-0.05, 0) is 11.6 Å². The molecule has 0 aliphatic carbocycles. The lowest BCUT2D eigenvalue weighted by Crippen LogP contribution is -2.46. The number of halogens is 1. The van der Waals surface area contributed by atoms with Crippen LogP contribution in [0.2, 0.25) is 5.02 Å². The topological polar surface area (TPSA) is 81.5 Å². The summed E-state index contributed by atoms with van der Waals surface area (Å²) in [5.74, 6) is 0. The molecule has 1 aliphatic heterocycles. The van der Waals surface area contributed by atoms with E-state index in [1.54, 1.807) is 6.07 Å². The van der Waals surface area contributed by atoms with Gasteiger partial charge < -0.3 is 10.1 Å². The molecule has 102 valence electrons. The van der Waals surface area contributed by atoms with Crippen LogP contribution >= 0.6 is 11.6 Å². The van der Waals surface area contributed by atoms with Crippen LogP contribution < -0.4 is 5.32 Å². The number of nitrogens with one attached hydrogen (secondary N) is 1. The van der Waals surface area contributed by atoms with Crippen molar-refractivity contribution < 1.29 is 14.5 Å². The zero-order valence-corrected chi connectivity index (χ0v) is 11.2. The summed E-state index contributed by atoms with van der Waals surface area (Å²) in [6.45, 7) is 4.08. The third-order valence-electron chi connectivity index (χ3n) is 3.12. The van der Waals surface area contributed by atoms with Gasteiger partial charge >= 0.3 is 6.09 Å². The SMILES string of the molecule is CC1(C)COC(=O)N[C@H]1c1ccc(Cl)c([N+](=O)[O-])c1. The third kappa shape index (κ3) is 2.63. The maximum Gasteiger partial charge on any atom is 0.407 e. The van der Waals surface area contributed by atoms with E-state index in [0.717, 1.165) is 0 Å². The molecule has 0 bridgehead atoms. The van der Waals surface area contributed by atoms with E-state index in [9.17, 15) is 14.9 Å². The fourth-order valence-electron chi connectivity index (χ4n) is 2.07. The lowest BCUT2D eigenvalue weighted by atomic mass is 9.80. The van der Waals surface area contributed by atoms with Gasteiger partial charge in [0.25, 0.3) is 5.69 Å². The number of rotatable bonds is 2. The first-order valence-corrected chi connectivity index (χ1v) is 6.06. The van der Waals surface area contributed by atoms with Crippen molar-refractivity contribution >= 4 is 23.4 Å². The number of nitrogens with zero attached hydrogens (tertiary/aromatic N) is 1. The largest absolute Gasteiger partial charge is 0.449 e. The maximum atomic E-state index is 11.3. The van der Waals surface area contributed by atoms with Gasteiger partial charge in [0.1, 0.15) is 11.6 Å². The van der Waals surface area contributed by atoms with Gasteiger partial charge in [-0.3, -0.25) is 10.1 Å². The predicted molar refractivity (Wildman–Crippen MR) is 69.1 cm³/mol. The summed E-state index contributed by atoms with van der Waals surface area (Å²) in [6.07, 6.45) is -0.526. The van der Waals surface area contributed by atoms with E-state index in [1.807, 2.05) is 13.8 Å². The van der Waals surface area contributed by atoms with E-state index < -0.39 is 11.0 Å². The Bertz CT molecular complexity index is 545. The number of benzene rings is 1. The van der Waals surface area contributed by atoms with E-state index in [4.69, 9.17) is 16.3 Å². The molecule has 0 aromatic heterocycles. The fraction of sp³-hybridized carbons (Fsp3) is 0.417. The molecular formula is C12H13ClN2O4. The Balaban J connectivity index is 2.42. The molecule has 1 heterocycles. The molecule has 7 heteroatoms. The number of nitro groups is 1. The highest BCUT2D eigenvalue weighted by molar-refractivity contribution is 6.32. The molecule has 1 saturated heterocycles. The first kappa shape index (κ1) is 13.6. The van der Waals surface area contributed by atoms with Crippen LogP contribution in [0, 0.1) is 15.5 Å². The smallest absolute Gasteiger partial charge is 0.407 e. The molecule has 1 aliphatic rings. The predicted octanol–water partition coefficient (Wildman–Crippen LogP) is 3.06. The Morgan fingerprint density at radius 2 is 2.21 bits per heavy atom. The number of carbonyl (C=O) groups excluding carboxylic acids is 1. The summed E-state index contributed by atoms with van der Waals surface area (Å²) < 4.78 is 4.94. The molecule has 1 aromatic rings. The van der Waals surface area contributed by atoms with Crippen molar-refractivity contribution in [1.82, 2.24) is 5.32 Å². The molecule has 2 rings (SSSR count). The zero-order valence-electron chi connectivity index (χ0n) is 10.5. The van der Waals surface area contributed by atoms with Crippen LogP contribution in [0.25, 0.3) is 0 Å². The van der Waals surface area contributed by atoms with Gasteiger partial charge in [0, 0.05) is 11.5 Å². The first-order chi connectivity index (χ1) is 8.81. The lowest BCUT2D eigenvalue weighted by Gasteiger charge is -2.38. The van der Waals surface area contributed by atoms with Crippen molar-refractivity contribution in [3.05, 3.63) is 38.9 Å². The number of carbonyl (C=O) groups is 1. The van der Waals surface area contributed by atoms with Gasteiger partial charge in [0.05, 0.1) is 11.0 Å². The number of hydrogen-bond acceptors (Lipinski definition) is 4. The summed E-state index contributed by atoms with van der Waals surface area (Å²) >= 11 is 5.78. The van der Waals surface area contributed by atoms with E-state index in [1.165, 1.54) is 12.1 Å². The van der Waals surface area contributed by atoms with E-state index in [-0.39, 0.29) is 28.8 Å². The van der Waals surface area contributed by atoms with Crippen molar-refractivity contribution in [2.75, 3.05) is 6.61 Å². The Morgan fingerprint density at radius 3 is 2.84 bits per heavy atom. The number of hydrogen-bond donors (Lipinski definition) is 1. The molecule has 1 fully saturated rings. The van der Waals surface area contributed by atoms with Crippen molar-refractivity contribution in [2.45, 2.75) is 19.9 Å². The van der Waals surface area contributed by atoms with Gasteiger partial charge in [0.15, 0.2) is 0 Å². The summed E-state index contributed by atoms with van der Waals surface area (Å²) in [7, 11) is 0. The minimum atomic E-state index is -0.542. The molecule has 1 amide bonds. The highest BCUT2D eigenvalue weighted by atomic mass is 35.5. The van der Waals surface area contributed by atoms with Gasteiger partial charge in [-0.1, -0.05) is 31.5 Å². The number of amides is 1. The Kier molecular flexibility index (Phi) is 3.36. The summed E-state index contributed by atoms with van der Waals surface area (Å²) in [6, 6.07) is 4.17. The van der Waals surface area contributed by atoms with Gasteiger partial charge in [0.2, 0.25) is 0 Å². The summed E-state index contributed by atoms with van der Waals surface area (Å²) in [5, 5.41) is 13.6. The quantitative estimate of drug-likeness (QED) is 0.668. The van der Waals surface area contributed by atoms with Crippen LogP contribution in [0.5, 0.6) is 0 Å². The second-order valence-electron chi connectivity index (χ2n) is 5.11. The lowest BCUT2D eigenvalue weighted by molar-refractivity contribution is -0.384. The van der Waals surface area contributed by atoms with Crippen molar-refractivity contribution in [1.29, 1.82) is 0 Å². The summed E-state index contributed by atoms with van der Waals surface area (Å²) in [4.78, 5) is 21.7. The van der Waals surface area contributed by atoms with E-state index in [2.05, 4.69) is 5.32 Å². The van der Waals surface area contributed by atoms with Gasteiger partial charge in [-0.25, -0.2) is 4.79 Å². The zero-order chi connectivity index (χ0) is 14.2. The molecule has 0 saturated carbocycles. The minimum absolute atomic E-state index is 0.0740. The monoisotopic (exact) mass is 284 g/mol. The Morgan fingerprint density at radius 1 is 1.53 bits per heavy atom. The van der Waals surface area contributed by atoms with E-state index >= 15 is 0 Å². The molecular weight excluding hydrogens is 272 g/mol. The third-order valence-corrected chi connectivity index (χ3v) is 3.44. The molecule has 6 nitrogen and oxygen atoms in total. The van der Waals surface area contributed by atoms with Crippen LogP contribution in [-0.4, -0.2) is 17.6 Å². The highest BCUT2D eigenvalue weighted by Crippen LogP contribution is 2.38. The van der Waals surface area contributed by atoms with Crippen LogP contribution in [0.15, 0.2) is 18.2 Å². The first-order valence-electron chi connectivity index (χ1n) is 5.68. The molecule has 1 N–H and O–H groups in total. The number of ether oxygens (including phenoxy) is 1. The normalized spacial score (nSPS) is 21.4. The van der Waals surface area contributed by atoms with Crippen molar-refractivity contribution in [2.24, 2.45) is 5.41 Å². The average molecular weight is 285 g/mol. The van der Waals surface area contributed by atoms with Crippen LogP contribution in [-0.2, 0) is 4.74 Å². The molecule has 19 heavy (non-hydrogen) atoms. The number of alkyl carbamates (subject to hydrolysis) is 1. The average Bonchev–Trinajstić information content (AvgIpc) is 2.33. The minimum Gasteiger partial charge on any atom is -0.449 e. The van der Waals surface area contributed by atoms with Crippen LogP contribution in [0.1, 0.15) is 25.5 Å². The number of cyclic esters (lactones) is 1. The molecule has 0 unspecified atom stereocenters. The molecule has 0 radical (unpaired) electrons. The summed E-state index contributed by atoms with van der Waals surface area (Å²) in [5.41, 5.74) is 0.101. The van der Waals surface area contributed by atoms with Gasteiger partial charge in [-0.2, -0.15) is 0 Å². The fourth-order valence-corrected chi connectivity index (χ4v) is 2.26. The Hall–Kier alpha value is -1.82. The highest BCUT2D eigenvalue weighted by Gasteiger charge is 2.38. The van der Waals surface area contributed by atoms with Gasteiger partial charge in [-0.15, -0.1) is 0 Å². The van der Waals surface area contributed by atoms with Crippen molar-refractivity contribution in [3.63, 3.8) is 0 Å². The number of nitro benzene ring substituents is 1. The van der Waals surface area contributed by atoms with Crippen LogP contribution in [0.4, 0.5) is 10.5 Å². The standard InChI is InChI=1S/C12H13ClN2O4/c1-12(2)6-19-11(16)14-10(12)7-3-4-8(13)9(5-7)15(17)18/h3-5,10H,6H2,1-2H3,(H,14,16)/t10-/m0/s1. The van der Waals surface area contributed by atoms with Crippen LogP contribution in [0.3, 0.4) is 0 Å². The Labute approximate surface area is 114 Å². The maximum absolute atomic E-state index is 11.3. The van der Waals surface area contributed by atoms with Crippen molar-refractivity contribution in [3.8, 4) is 0 Å². The van der Waals surface area contributed by atoms with E-state index in [0.29, 0.717) is 5.56 Å². The second-order valence-corrected chi connectivity index (χ2v) is 5.52. The molecule has 0 spiro atoms.